The summed E-state index contributed by atoms with van der Waals surface area (Å²) in [5, 5.41) is 3.51. The van der Waals surface area contributed by atoms with E-state index in [0.29, 0.717) is 0 Å². The van der Waals surface area contributed by atoms with Gasteiger partial charge in [0, 0.05) is 0 Å². The second-order valence-electron chi connectivity index (χ2n) is 5.48. The van der Waals surface area contributed by atoms with Crippen LogP contribution in [-0.4, -0.2) is 30.1 Å². The van der Waals surface area contributed by atoms with Crippen molar-refractivity contribution in [2.45, 2.75) is 0 Å². The maximum atomic E-state index is 5.66. The molecule has 25 heavy (non-hydrogen) atoms. The summed E-state index contributed by atoms with van der Waals surface area (Å²) in [6.45, 7) is 0. The molecule has 0 amide bonds. The number of rotatable bonds is 6. The molecule has 0 aromatic heterocycles. The average Bonchev–Trinajstić information content (AvgIpc) is 2.69. The Morgan fingerprint density at radius 1 is 0.480 bits per heavy atom. The molecule has 0 unspecified atom stereocenters. The Hall–Kier alpha value is -2.72. The van der Waals surface area contributed by atoms with E-state index in [1.807, 2.05) is 54.6 Å². The number of ether oxygens (including phenoxy) is 3. The third kappa shape index (κ3) is 3.39. The molecule has 1 radical (unpaired) electrons. The lowest BCUT2D eigenvalue weighted by molar-refractivity contribution is 0.416. The lowest BCUT2D eigenvalue weighted by atomic mass is 10.3. The van der Waals surface area contributed by atoms with Crippen molar-refractivity contribution in [3.05, 3.63) is 72.8 Å². The highest BCUT2D eigenvalue weighted by Gasteiger charge is 2.28. The number of benzene rings is 3. The fourth-order valence-electron chi connectivity index (χ4n) is 2.99. The van der Waals surface area contributed by atoms with Gasteiger partial charge in [-0.15, -0.1) is 0 Å². The van der Waals surface area contributed by atoms with Crippen LogP contribution in [0.3, 0.4) is 0 Å². The van der Waals surface area contributed by atoms with Crippen molar-refractivity contribution in [2.75, 3.05) is 21.3 Å². The largest absolute Gasteiger partial charge is 0.497 e. The van der Waals surface area contributed by atoms with Gasteiger partial charge in [-0.3, -0.25) is 0 Å². The van der Waals surface area contributed by atoms with Gasteiger partial charge >= 0.3 is 0 Å². The summed E-state index contributed by atoms with van der Waals surface area (Å²) in [5.41, 5.74) is 0. The fraction of sp³-hybridized carbons (Fsp3) is 0.143. The molecular formula is C21H21O3Si. The molecule has 0 bridgehead atoms. The molecule has 0 heterocycles. The van der Waals surface area contributed by atoms with Crippen LogP contribution in [0, 0.1) is 0 Å². The van der Waals surface area contributed by atoms with Crippen molar-refractivity contribution in [3.8, 4) is 17.2 Å². The van der Waals surface area contributed by atoms with Gasteiger partial charge in [0.2, 0.25) is 0 Å². The van der Waals surface area contributed by atoms with E-state index in [4.69, 9.17) is 14.2 Å². The van der Waals surface area contributed by atoms with E-state index in [9.17, 15) is 0 Å². The molecule has 0 aliphatic heterocycles. The molecule has 3 aromatic carbocycles. The summed E-state index contributed by atoms with van der Waals surface area (Å²) >= 11 is 0. The van der Waals surface area contributed by atoms with Crippen LogP contribution < -0.4 is 29.8 Å². The Balaban J connectivity index is 2.29. The Morgan fingerprint density at radius 3 is 1.04 bits per heavy atom. The number of hydrogen-bond donors (Lipinski definition) is 0. The van der Waals surface area contributed by atoms with Gasteiger partial charge in [0.15, 0.2) is 8.80 Å². The third-order valence-corrected chi connectivity index (χ3v) is 6.98. The van der Waals surface area contributed by atoms with Gasteiger partial charge in [0.25, 0.3) is 0 Å². The number of methoxy groups -OCH3 is 3. The molecule has 0 N–H and O–H groups in total. The van der Waals surface area contributed by atoms with Crippen LogP contribution in [0.25, 0.3) is 0 Å². The first-order chi connectivity index (χ1) is 12.3. The highest BCUT2D eigenvalue weighted by Crippen LogP contribution is 2.16. The van der Waals surface area contributed by atoms with Gasteiger partial charge in [-0.05, 0) is 33.8 Å². The van der Waals surface area contributed by atoms with Gasteiger partial charge in [0.1, 0.15) is 17.2 Å². The van der Waals surface area contributed by atoms with E-state index in [-0.39, 0.29) is 0 Å². The quantitative estimate of drug-likeness (QED) is 0.505. The molecule has 127 valence electrons. The van der Waals surface area contributed by atoms with E-state index >= 15 is 0 Å². The van der Waals surface area contributed by atoms with Crippen molar-refractivity contribution < 1.29 is 14.2 Å². The zero-order valence-corrected chi connectivity index (χ0v) is 15.7. The van der Waals surface area contributed by atoms with Crippen molar-refractivity contribution in [2.24, 2.45) is 0 Å². The summed E-state index contributed by atoms with van der Waals surface area (Å²) in [6.07, 6.45) is 0. The first kappa shape index (κ1) is 17.1. The smallest absolute Gasteiger partial charge is 0.169 e. The fourth-order valence-corrected chi connectivity index (χ4v) is 5.94. The predicted molar refractivity (Wildman–Crippen MR) is 104 cm³/mol. The maximum Gasteiger partial charge on any atom is 0.169 e. The van der Waals surface area contributed by atoms with Gasteiger partial charge in [-0.1, -0.05) is 54.6 Å². The van der Waals surface area contributed by atoms with Crippen molar-refractivity contribution >= 4 is 24.4 Å². The molecule has 4 heteroatoms. The summed E-state index contributed by atoms with van der Waals surface area (Å²) in [4.78, 5) is 0. The number of hydrogen-bond acceptors (Lipinski definition) is 3. The van der Waals surface area contributed by atoms with Crippen molar-refractivity contribution in [1.82, 2.24) is 0 Å². The topological polar surface area (TPSA) is 27.7 Å². The molecule has 0 aliphatic carbocycles. The highest BCUT2D eigenvalue weighted by molar-refractivity contribution is 6.97. The van der Waals surface area contributed by atoms with E-state index in [1.54, 1.807) is 21.3 Å². The van der Waals surface area contributed by atoms with Gasteiger partial charge in [-0.2, -0.15) is 0 Å². The highest BCUT2D eigenvalue weighted by atomic mass is 28.3. The van der Waals surface area contributed by atoms with Crippen LogP contribution in [0.15, 0.2) is 72.8 Å². The Morgan fingerprint density at radius 2 is 0.760 bits per heavy atom. The summed E-state index contributed by atoms with van der Waals surface area (Å²) < 4.78 is 17.0. The minimum Gasteiger partial charge on any atom is -0.497 e. The van der Waals surface area contributed by atoms with E-state index in [2.05, 4.69) is 18.2 Å². The lowest BCUT2D eigenvalue weighted by Crippen LogP contribution is -2.53. The van der Waals surface area contributed by atoms with Crippen LogP contribution in [0.4, 0.5) is 0 Å². The summed E-state index contributed by atoms with van der Waals surface area (Å²) in [6, 6.07) is 24.5. The van der Waals surface area contributed by atoms with E-state index in [1.165, 1.54) is 15.6 Å². The molecule has 3 aromatic rings. The Bertz CT molecular complexity index is 735. The zero-order chi connectivity index (χ0) is 17.6. The predicted octanol–water partition coefficient (Wildman–Crippen LogP) is 2.23. The maximum absolute atomic E-state index is 5.66. The SMILES string of the molecule is COc1ccccc1[Si](c1ccccc1OC)c1ccccc1OC. The van der Waals surface area contributed by atoms with Gasteiger partial charge < -0.3 is 14.2 Å². The standard InChI is InChI=1S/C21H21O3Si/c1-22-16-10-4-7-13-19(16)25(20-14-8-5-11-17(20)23-2)21-15-9-6-12-18(21)24-3/h4-15H,1-3H3. The molecule has 0 spiro atoms. The minimum atomic E-state index is -1.38. The van der Waals surface area contributed by atoms with Crippen LogP contribution in [0.1, 0.15) is 0 Å². The summed E-state index contributed by atoms with van der Waals surface area (Å²) in [7, 11) is 3.76. The molecule has 0 aliphatic rings. The normalized spacial score (nSPS) is 10.6. The zero-order valence-electron chi connectivity index (χ0n) is 14.7. The van der Waals surface area contributed by atoms with Crippen LogP contribution in [0.5, 0.6) is 17.2 Å². The Kier molecular flexibility index (Phi) is 5.41. The molecule has 0 fully saturated rings. The van der Waals surface area contributed by atoms with E-state index < -0.39 is 8.80 Å². The second kappa shape index (κ2) is 7.90. The molecular weight excluding hydrogens is 328 g/mol. The summed E-state index contributed by atoms with van der Waals surface area (Å²) in [5.74, 6) is 2.65. The van der Waals surface area contributed by atoms with E-state index in [0.717, 1.165) is 17.2 Å². The molecule has 0 saturated carbocycles. The second-order valence-corrected chi connectivity index (χ2v) is 7.84. The number of para-hydroxylation sites is 3. The first-order valence-corrected chi connectivity index (χ1v) is 9.57. The van der Waals surface area contributed by atoms with Crippen LogP contribution in [-0.2, 0) is 0 Å². The van der Waals surface area contributed by atoms with Gasteiger partial charge in [0.05, 0.1) is 21.3 Å². The monoisotopic (exact) mass is 349 g/mol. The third-order valence-electron chi connectivity index (χ3n) is 4.13. The first-order valence-electron chi connectivity index (χ1n) is 8.07. The van der Waals surface area contributed by atoms with Crippen molar-refractivity contribution in [1.29, 1.82) is 0 Å². The Labute approximate surface area is 150 Å². The molecule has 0 atom stereocenters. The molecule has 3 rings (SSSR count). The molecule has 0 saturated heterocycles. The average molecular weight is 349 g/mol. The van der Waals surface area contributed by atoms with Gasteiger partial charge in [-0.25, -0.2) is 0 Å². The lowest BCUT2D eigenvalue weighted by Gasteiger charge is -2.22. The van der Waals surface area contributed by atoms with Crippen molar-refractivity contribution in [3.63, 3.8) is 0 Å². The minimum absolute atomic E-state index is 0.883. The van der Waals surface area contributed by atoms with Crippen LogP contribution >= 0.6 is 0 Å². The van der Waals surface area contributed by atoms with Crippen LogP contribution in [0.2, 0.25) is 0 Å². The molecule has 3 nitrogen and oxygen atoms in total.